The topological polar surface area (TPSA) is 44.1 Å². The molecular weight excluding hydrogens is 257 g/mol. The Bertz CT molecular complexity index is 384. The molecule has 1 amide bonds. The van der Waals surface area contributed by atoms with Crippen LogP contribution in [0.1, 0.15) is 38.5 Å². The van der Waals surface area contributed by atoms with Gasteiger partial charge in [-0.2, -0.15) is 18.4 Å². The van der Waals surface area contributed by atoms with E-state index in [0.717, 1.165) is 12.8 Å². The number of hydrogen-bond acceptors (Lipinski definition) is 2. The summed E-state index contributed by atoms with van der Waals surface area (Å²) in [6.45, 7) is -0.00329. The molecule has 0 heterocycles. The second kappa shape index (κ2) is 5.40. The second-order valence-corrected chi connectivity index (χ2v) is 5.46. The van der Waals surface area contributed by atoms with Crippen molar-refractivity contribution in [3.8, 4) is 6.07 Å². The van der Waals surface area contributed by atoms with E-state index >= 15 is 0 Å². The third kappa shape index (κ3) is 3.40. The molecule has 2 saturated carbocycles. The van der Waals surface area contributed by atoms with E-state index in [-0.39, 0.29) is 31.3 Å². The number of hydrogen-bond donors (Lipinski definition) is 0. The van der Waals surface area contributed by atoms with Crippen molar-refractivity contribution in [2.45, 2.75) is 50.7 Å². The van der Waals surface area contributed by atoms with E-state index in [1.165, 1.54) is 4.90 Å². The third-order valence-electron chi connectivity index (χ3n) is 4.00. The maximum absolute atomic E-state index is 12.7. The van der Waals surface area contributed by atoms with Crippen LogP contribution in [0.3, 0.4) is 0 Å². The normalized spacial score (nSPS) is 27.7. The number of alkyl halides is 3. The zero-order chi connectivity index (χ0) is 14.0. The number of carbonyl (C=O) groups excluding carboxylic acids is 1. The van der Waals surface area contributed by atoms with E-state index in [0.29, 0.717) is 12.8 Å². The lowest BCUT2D eigenvalue weighted by molar-refractivity contribution is -0.187. The summed E-state index contributed by atoms with van der Waals surface area (Å²) in [5.41, 5.74) is 0. The van der Waals surface area contributed by atoms with Crippen molar-refractivity contribution in [1.82, 2.24) is 4.90 Å². The molecule has 0 bridgehead atoms. The predicted molar refractivity (Wildman–Crippen MR) is 61.9 cm³/mol. The average Bonchev–Trinajstić information content (AvgIpc) is 3.18. The van der Waals surface area contributed by atoms with Crippen LogP contribution in [0.5, 0.6) is 0 Å². The van der Waals surface area contributed by atoms with Gasteiger partial charge in [-0.3, -0.25) is 4.79 Å². The fourth-order valence-electron chi connectivity index (χ4n) is 2.80. The molecule has 3 nitrogen and oxygen atoms in total. The first-order valence-electron chi connectivity index (χ1n) is 6.67. The number of nitrogens with zero attached hydrogens (tertiary/aromatic N) is 2. The van der Waals surface area contributed by atoms with Crippen LogP contribution in [0, 0.1) is 23.2 Å². The molecule has 19 heavy (non-hydrogen) atoms. The Morgan fingerprint density at radius 2 is 1.95 bits per heavy atom. The van der Waals surface area contributed by atoms with Crippen molar-refractivity contribution < 1.29 is 18.0 Å². The molecule has 0 aromatic rings. The monoisotopic (exact) mass is 274 g/mol. The van der Waals surface area contributed by atoms with Crippen LogP contribution in [-0.4, -0.2) is 29.6 Å². The molecule has 0 N–H and O–H groups in total. The highest BCUT2D eigenvalue weighted by Crippen LogP contribution is 2.41. The highest BCUT2D eigenvalue weighted by atomic mass is 19.4. The summed E-state index contributed by atoms with van der Waals surface area (Å²) in [6.07, 6.45) is -1.53. The van der Waals surface area contributed by atoms with Gasteiger partial charge in [-0.1, -0.05) is 6.42 Å². The summed E-state index contributed by atoms with van der Waals surface area (Å²) >= 11 is 0. The Labute approximate surface area is 110 Å². The number of nitriles is 1. The summed E-state index contributed by atoms with van der Waals surface area (Å²) in [4.78, 5) is 13.7. The number of amides is 1. The van der Waals surface area contributed by atoms with Crippen molar-refractivity contribution in [3.05, 3.63) is 0 Å². The fourth-order valence-corrected chi connectivity index (χ4v) is 2.80. The van der Waals surface area contributed by atoms with E-state index in [4.69, 9.17) is 5.26 Å². The van der Waals surface area contributed by atoms with Gasteiger partial charge in [0.25, 0.3) is 0 Å². The average molecular weight is 274 g/mol. The van der Waals surface area contributed by atoms with Gasteiger partial charge in [0.2, 0.25) is 5.91 Å². The molecule has 0 spiro atoms. The first kappa shape index (κ1) is 14.2. The van der Waals surface area contributed by atoms with Crippen LogP contribution < -0.4 is 0 Å². The minimum atomic E-state index is -4.21. The molecule has 0 aromatic heterocycles. The van der Waals surface area contributed by atoms with Crippen molar-refractivity contribution >= 4 is 5.91 Å². The zero-order valence-corrected chi connectivity index (χ0v) is 10.6. The van der Waals surface area contributed by atoms with Gasteiger partial charge in [-0.05, 0) is 32.1 Å². The lowest BCUT2D eigenvalue weighted by atomic mass is 9.80. The van der Waals surface area contributed by atoms with Crippen LogP contribution >= 0.6 is 0 Å². The summed E-state index contributed by atoms with van der Waals surface area (Å²) < 4.78 is 38.2. The Hall–Kier alpha value is -1.25. The molecular formula is C13H17F3N2O. The predicted octanol–water partition coefficient (Wildman–Crippen LogP) is 2.87. The van der Waals surface area contributed by atoms with E-state index in [1.54, 1.807) is 0 Å². The molecule has 2 rings (SSSR count). The highest BCUT2D eigenvalue weighted by Gasteiger charge is 2.45. The van der Waals surface area contributed by atoms with Crippen LogP contribution in [0.15, 0.2) is 0 Å². The van der Waals surface area contributed by atoms with E-state index in [2.05, 4.69) is 0 Å². The summed E-state index contributed by atoms with van der Waals surface area (Å²) in [5, 5.41) is 8.72. The molecule has 0 radical (unpaired) electrons. The molecule has 2 fully saturated rings. The van der Waals surface area contributed by atoms with Gasteiger partial charge in [0, 0.05) is 12.0 Å². The van der Waals surface area contributed by atoms with Crippen LogP contribution in [-0.2, 0) is 4.79 Å². The maximum Gasteiger partial charge on any atom is 0.391 e. The van der Waals surface area contributed by atoms with Gasteiger partial charge in [-0.25, -0.2) is 0 Å². The van der Waals surface area contributed by atoms with Crippen LogP contribution in [0.2, 0.25) is 0 Å². The van der Waals surface area contributed by atoms with Crippen molar-refractivity contribution in [3.63, 3.8) is 0 Å². The summed E-state index contributed by atoms with van der Waals surface area (Å²) in [7, 11) is 0. The Morgan fingerprint density at radius 1 is 1.26 bits per heavy atom. The van der Waals surface area contributed by atoms with Crippen LogP contribution in [0.25, 0.3) is 0 Å². The van der Waals surface area contributed by atoms with E-state index in [1.807, 2.05) is 6.07 Å². The second-order valence-electron chi connectivity index (χ2n) is 5.46. The van der Waals surface area contributed by atoms with Crippen molar-refractivity contribution in [2.75, 3.05) is 6.54 Å². The number of halogens is 3. The molecule has 2 aliphatic rings. The fraction of sp³-hybridized carbons (Fsp3) is 0.846. The lowest BCUT2D eigenvalue weighted by Crippen LogP contribution is -2.41. The Morgan fingerprint density at radius 3 is 2.47 bits per heavy atom. The summed E-state index contributed by atoms with van der Waals surface area (Å²) in [5.74, 6) is -2.18. The minimum absolute atomic E-state index is 0.00329. The quantitative estimate of drug-likeness (QED) is 0.743. The Balaban J connectivity index is 2.00. The lowest BCUT2D eigenvalue weighted by Gasteiger charge is -2.32. The smallest absolute Gasteiger partial charge is 0.326 e. The first-order chi connectivity index (χ1) is 8.93. The molecule has 2 atom stereocenters. The largest absolute Gasteiger partial charge is 0.391 e. The minimum Gasteiger partial charge on any atom is -0.326 e. The van der Waals surface area contributed by atoms with Gasteiger partial charge in [-0.15, -0.1) is 0 Å². The molecule has 0 aromatic carbocycles. The van der Waals surface area contributed by atoms with Gasteiger partial charge >= 0.3 is 6.18 Å². The third-order valence-corrected chi connectivity index (χ3v) is 4.00. The van der Waals surface area contributed by atoms with Gasteiger partial charge in [0.15, 0.2) is 0 Å². The van der Waals surface area contributed by atoms with E-state index in [9.17, 15) is 18.0 Å². The maximum atomic E-state index is 12.7. The van der Waals surface area contributed by atoms with E-state index < -0.39 is 18.0 Å². The first-order valence-corrected chi connectivity index (χ1v) is 6.67. The standard InChI is InChI=1S/C13H17F3N2O/c14-13(15,16)10-3-1-2-9(8-10)12(19)18(7-6-17)11-4-5-11/h9-11H,1-5,7-8H2/t9-,10-/m1/s1. The van der Waals surface area contributed by atoms with Crippen molar-refractivity contribution in [2.24, 2.45) is 11.8 Å². The molecule has 106 valence electrons. The highest BCUT2D eigenvalue weighted by molar-refractivity contribution is 5.79. The van der Waals surface area contributed by atoms with Crippen LogP contribution in [0.4, 0.5) is 13.2 Å². The Kier molecular flexibility index (Phi) is 4.02. The molecule has 6 heteroatoms. The molecule has 0 saturated heterocycles. The van der Waals surface area contributed by atoms with Gasteiger partial charge in [0.05, 0.1) is 12.0 Å². The zero-order valence-electron chi connectivity index (χ0n) is 10.6. The molecule has 0 aliphatic heterocycles. The van der Waals surface area contributed by atoms with Crippen molar-refractivity contribution in [1.29, 1.82) is 5.26 Å². The SMILES string of the molecule is N#CCN(C(=O)[C@@H]1CCC[C@@H](C(F)(F)F)C1)C1CC1. The van der Waals surface area contributed by atoms with Gasteiger partial charge in [0.1, 0.15) is 6.54 Å². The summed E-state index contributed by atoms with van der Waals surface area (Å²) in [6, 6.07) is 2.02. The number of carbonyl (C=O) groups is 1. The molecule has 2 aliphatic carbocycles. The van der Waals surface area contributed by atoms with Gasteiger partial charge < -0.3 is 4.90 Å². The number of rotatable bonds is 3. The molecule has 0 unspecified atom stereocenters.